The van der Waals surface area contributed by atoms with E-state index in [-0.39, 0.29) is 0 Å². The summed E-state index contributed by atoms with van der Waals surface area (Å²) in [5.41, 5.74) is 8.07. The summed E-state index contributed by atoms with van der Waals surface area (Å²) >= 11 is 0. The predicted octanol–water partition coefficient (Wildman–Crippen LogP) is 2.11. The number of hydrogen-bond acceptors (Lipinski definition) is 3. The van der Waals surface area contributed by atoms with E-state index in [1.165, 1.54) is 19.3 Å². The molecule has 1 fully saturated rings. The molecule has 4 heteroatoms. The summed E-state index contributed by atoms with van der Waals surface area (Å²) in [4.78, 5) is 2.29. The van der Waals surface area contributed by atoms with Crippen LogP contribution in [0.5, 0.6) is 0 Å². The van der Waals surface area contributed by atoms with E-state index >= 15 is 0 Å². The molecule has 0 spiro atoms. The minimum atomic E-state index is 0.384. The average Bonchev–Trinajstić information content (AvgIpc) is 2.38. The van der Waals surface area contributed by atoms with Crippen LogP contribution < -0.4 is 10.6 Å². The highest BCUT2D eigenvalue weighted by atomic mass is 15.4. The molecule has 90 valence electrons. The van der Waals surface area contributed by atoms with Gasteiger partial charge in [-0.1, -0.05) is 13.8 Å². The van der Waals surface area contributed by atoms with Crippen molar-refractivity contribution in [2.24, 2.45) is 7.05 Å². The highest BCUT2D eigenvalue weighted by molar-refractivity contribution is 5.67. The quantitative estimate of drug-likeness (QED) is 0.852. The Morgan fingerprint density at radius 3 is 2.44 bits per heavy atom. The monoisotopic (exact) mass is 222 g/mol. The Labute approximate surface area is 97.4 Å². The summed E-state index contributed by atoms with van der Waals surface area (Å²) in [6.45, 7) is 4.26. The number of nitrogen functional groups attached to an aromatic ring is 1. The molecule has 1 aliphatic carbocycles. The lowest BCUT2D eigenvalue weighted by molar-refractivity contribution is 0.396. The van der Waals surface area contributed by atoms with Gasteiger partial charge in [0, 0.05) is 20.1 Å². The van der Waals surface area contributed by atoms with Crippen LogP contribution in [0.1, 0.15) is 44.7 Å². The van der Waals surface area contributed by atoms with Crippen molar-refractivity contribution in [2.75, 3.05) is 17.7 Å². The van der Waals surface area contributed by atoms with E-state index in [1.54, 1.807) is 0 Å². The largest absolute Gasteiger partial charge is 0.394 e. The molecule has 0 saturated heterocycles. The number of nitrogens with two attached hydrogens (primary N) is 1. The number of hydrogen-bond donors (Lipinski definition) is 1. The van der Waals surface area contributed by atoms with Gasteiger partial charge in [0.1, 0.15) is 5.82 Å². The predicted molar refractivity (Wildman–Crippen MR) is 67.8 cm³/mol. The molecule has 1 aromatic heterocycles. The Hall–Kier alpha value is -1.19. The summed E-state index contributed by atoms with van der Waals surface area (Å²) < 4.78 is 1.92. The summed E-state index contributed by atoms with van der Waals surface area (Å²) in [7, 11) is 4.11. The fraction of sp³-hybridized carbons (Fsp3) is 0.750. The SMILES string of the molecule is CC(C)c1nn(C)c(N(C)C2CCC2)c1N. The molecule has 0 aromatic carbocycles. The van der Waals surface area contributed by atoms with Crippen LogP contribution in [0.15, 0.2) is 0 Å². The fourth-order valence-corrected chi connectivity index (χ4v) is 2.34. The Kier molecular flexibility index (Phi) is 2.82. The fourth-order valence-electron chi connectivity index (χ4n) is 2.34. The van der Waals surface area contributed by atoms with Gasteiger partial charge in [-0.05, 0) is 25.2 Å². The number of rotatable bonds is 3. The molecule has 0 bridgehead atoms. The van der Waals surface area contributed by atoms with E-state index in [1.807, 2.05) is 11.7 Å². The third kappa shape index (κ3) is 1.66. The lowest BCUT2D eigenvalue weighted by atomic mass is 9.92. The third-order valence-electron chi connectivity index (χ3n) is 3.58. The van der Waals surface area contributed by atoms with Crippen molar-refractivity contribution in [1.29, 1.82) is 0 Å². The van der Waals surface area contributed by atoms with E-state index < -0.39 is 0 Å². The maximum absolute atomic E-state index is 6.20. The number of aromatic nitrogens is 2. The third-order valence-corrected chi connectivity index (χ3v) is 3.58. The van der Waals surface area contributed by atoms with Crippen LogP contribution in [0.4, 0.5) is 11.5 Å². The standard InChI is InChI=1S/C12H22N4/c1-8(2)11-10(13)12(16(4)14-11)15(3)9-6-5-7-9/h8-9H,5-7,13H2,1-4H3. The molecule has 0 unspecified atom stereocenters. The van der Waals surface area contributed by atoms with Gasteiger partial charge >= 0.3 is 0 Å². The van der Waals surface area contributed by atoms with Crippen LogP contribution >= 0.6 is 0 Å². The summed E-state index contributed by atoms with van der Waals surface area (Å²) in [5, 5.41) is 4.52. The van der Waals surface area contributed by atoms with Gasteiger partial charge in [0.2, 0.25) is 0 Å². The molecule has 4 nitrogen and oxygen atoms in total. The highest BCUT2D eigenvalue weighted by Crippen LogP contribution is 2.34. The second kappa shape index (κ2) is 4.00. The van der Waals surface area contributed by atoms with Crippen molar-refractivity contribution in [3.63, 3.8) is 0 Å². The molecule has 0 aliphatic heterocycles. The zero-order valence-corrected chi connectivity index (χ0v) is 10.7. The maximum Gasteiger partial charge on any atom is 0.150 e. The molecule has 2 N–H and O–H groups in total. The molecule has 2 rings (SSSR count). The van der Waals surface area contributed by atoms with Gasteiger partial charge in [0.25, 0.3) is 0 Å². The molecular weight excluding hydrogens is 200 g/mol. The van der Waals surface area contributed by atoms with Crippen LogP contribution in [-0.2, 0) is 7.05 Å². The van der Waals surface area contributed by atoms with Gasteiger partial charge in [-0.25, -0.2) is 0 Å². The first kappa shape index (κ1) is 11.3. The van der Waals surface area contributed by atoms with Crippen LogP contribution in [0.3, 0.4) is 0 Å². The lowest BCUT2D eigenvalue weighted by Crippen LogP contribution is -2.38. The Morgan fingerprint density at radius 2 is 2.06 bits per heavy atom. The van der Waals surface area contributed by atoms with Crippen molar-refractivity contribution in [1.82, 2.24) is 9.78 Å². The van der Waals surface area contributed by atoms with Crippen LogP contribution in [-0.4, -0.2) is 22.9 Å². The van der Waals surface area contributed by atoms with Crippen LogP contribution in [0.25, 0.3) is 0 Å². The zero-order chi connectivity index (χ0) is 11.9. The second-order valence-corrected chi connectivity index (χ2v) is 5.10. The van der Waals surface area contributed by atoms with Crippen molar-refractivity contribution in [3.8, 4) is 0 Å². The van der Waals surface area contributed by atoms with Crippen molar-refractivity contribution < 1.29 is 0 Å². The molecule has 1 aromatic rings. The molecule has 0 amide bonds. The Morgan fingerprint density at radius 1 is 1.44 bits per heavy atom. The van der Waals surface area contributed by atoms with E-state index in [0.717, 1.165) is 17.2 Å². The maximum atomic E-state index is 6.20. The topological polar surface area (TPSA) is 47.1 Å². The molecular formula is C12H22N4. The molecule has 0 radical (unpaired) electrons. The second-order valence-electron chi connectivity index (χ2n) is 5.10. The molecule has 1 saturated carbocycles. The van der Waals surface area contributed by atoms with Gasteiger partial charge < -0.3 is 10.6 Å². The van der Waals surface area contributed by atoms with Gasteiger partial charge in [0.05, 0.1) is 11.4 Å². The van der Waals surface area contributed by atoms with Gasteiger partial charge in [-0.2, -0.15) is 5.10 Å². The normalized spacial score (nSPS) is 16.6. The van der Waals surface area contributed by atoms with E-state index in [9.17, 15) is 0 Å². The number of aryl methyl sites for hydroxylation is 1. The number of nitrogens with zero attached hydrogens (tertiary/aromatic N) is 3. The first-order chi connectivity index (χ1) is 7.52. The van der Waals surface area contributed by atoms with E-state index in [2.05, 4.69) is 30.9 Å². The van der Waals surface area contributed by atoms with E-state index in [4.69, 9.17) is 5.73 Å². The van der Waals surface area contributed by atoms with Crippen LogP contribution in [0, 0.1) is 0 Å². The summed E-state index contributed by atoms with van der Waals surface area (Å²) in [6.07, 6.45) is 3.89. The minimum absolute atomic E-state index is 0.384. The highest BCUT2D eigenvalue weighted by Gasteiger charge is 2.27. The summed E-state index contributed by atoms with van der Waals surface area (Å²) in [5.74, 6) is 1.46. The lowest BCUT2D eigenvalue weighted by Gasteiger charge is -2.36. The first-order valence-corrected chi connectivity index (χ1v) is 6.07. The number of anilines is 2. The van der Waals surface area contributed by atoms with Gasteiger partial charge in [-0.3, -0.25) is 4.68 Å². The minimum Gasteiger partial charge on any atom is -0.394 e. The van der Waals surface area contributed by atoms with Gasteiger partial charge in [0.15, 0.2) is 0 Å². The summed E-state index contributed by atoms with van der Waals surface area (Å²) in [6, 6.07) is 0.651. The molecule has 16 heavy (non-hydrogen) atoms. The van der Waals surface area contributed by atoms with Crippen molar-refractivity contribution >= 4 is 11.5 Å². The Bertz CT molecular complexity index is 377. The average molecular weight is 222 g/mol. The smallest absolute Gasteiger partial charge is 0.150 e. The molecule has 0 atom stereocenters. The van der Waals surface area contributed by atoms with E-state index in [0.29, 0.717) is 12.0 Å². The zero-order valence-electron chi connectivity index (χ0n) is 10.7. The molecule has 1 aliphatic rings. The van der Waals surface area contributed by atoms with Gasteiger partial charge in [-0.15, -0.1) is 0 Å². The Balaban J connectivity index is 2.32. The van der Waals surface area contributed by atoms with Crippen LogP contribution in [0.2, 0.25) is 0 Å². The van der Waals surface area contributed by atoms with Crippen molar-refractivity contribution in [3.05, 3.63) is 5.69 Å². The van der Waals surface area contributed by atoms with Crippen molar-refractivity contribution in [2.45, 2.75) is 45.1 Å². The molecule has 1 heterocycles. The first-order valence-electron chi connectivity index (χ1n) is 6.07.